The lowest BCUT2D eigenvalue weighted by Crippen LogP contribution is -2.37. The number of carbonyl (C=O) groups excluding carboxylic acids is 2. The molecule has 0 rings (SSSR count). The SMILES string of the molecule is CC/C=C\C/C=C\C/C=C\C/C=C\C/C=C\C/C=C\C/C=C\CCCC(=O)OC(COC(=O)CCCCCCCCCCCCCC/C=C\C/C=C\C/C=C\C/C=C\CC)COP(=O)([O-])OCC[N+](C)(C)C. The van der Waals surface area contributed by atoms with Gasteiger partial charge in [-0.25, -0.2) is 0 Å². The van der Waals surface area contributed by atoms with Crippen LogP contribution in [0.2, 0.25) is 0 Å². The molecule has 0 aromatic heterocycles. The summed E-state index contributed by atoms with van der Waals surface area (Å²) in [6.07, 6.45) is 75.0. The van der Waals surface area contributed by atoms with Crippen molar-refractivity contribution in [1.29, 1.82) is 0 Å². The summed E-state index contributed by atoms with van der Waals surface area (Å²) in [6.45, 7) is 3.92. The molecule has 0 aromatic carbocycles. The van der Waals surface area contributed by atoms with E-state index in [2.05, 4.69) is 141 Å². The molecule has 0 N–H and O–H groups in total. The number of esters is 2. The zero-order valence-electron chi connectivity index (χ0n) is 46.1. The first-order valence-electron chi connectivity index (χ1n) is 27.9. The number of carbonyl (C=O) groups is 2. The molecule has 0 fully saturated rings. The number of quaternary nitrogens is 1. The van der Waals surface area contributed by atoms with E-state index in [0.29, 0.717) is 30.3 Å². The lowest BCUT2D eigenvalue weighted by Gasteiger charge is -2.28. The first kappa shape index (κ1) is 68.2. The van der Waals surface area contributed by atoms with Crippen molar-refractivity contribution in [3.8, 4) is 0 Å². The number of phosphoric acid groups is 1. The van der Waals surface area contributed by atoms with Gasteiger partial charge in [0.1, 0.15) is 19.8 Å². The lowest BCUT2D eigenvalue weighted by molar-refractivity contribution is -0.870. The van der Waals surface area contributed by atoms with Crippen LogP contribution in [0.1, 0.15) is 194 Å². The van der Waals surface area contributed by atoms with Crippen molar-refractivity contribution in [1.82, 2.24) is 0 Å². The second kappa shape index (κ2) is 52.0. The van der Waals surface area contributed by atoms with Crippen LogP contribution in [0, 0.1) is 0 Å². The summed E-state index contributed by atoms with van der Waals surface area (Å²) in [4.78, 5) is 37.8. The molecule has 0 bridgehead atoms. The van der Waals surface area contributed by atoms with Crippen molar-refractivity contribution in [3.05, 3.63) is 134 Å². The molecular weight excluding hydrogens is 918 g/mol. The van der Waals surface area contributed by atoms with Gasteiger partial charge >= 0.3 is 11.9 Å². The Morgan fingerprint density at radius 2 is 0.764 bits per heavy atom. The minimum Gasteiger partial charge on any atom is -0.756 e. The molecule has 0 heterocycles. The van der Waals surface area contributed by atoms with E-state index in [0.717, 1.165) is 89.9 Å². The van der Waals surface area contributed by atoms with Crippen LogP contribution in [0.5, 0.6) is 0 Å². The number of nitrogens with zero attached hydrogens (tertiary/aromatic N) is 1. The number of hydrogen-bond acceptors (Lipinski definition) is 8. The smallest absolute Gasteiger partial charge is 0.306 e. The lowest BCUT2D eigenvalue weighted by atomic mass is 10.0. The third kappa shape index (κ3) is 55.5. The molecule has 0 aliphatic rings. The highest BCUT2D eigenvalue weighted by Crippen LogP contribution is 2.38. The monoisotopic (exact) mass is 1020 g/mol. The predicted octanol–water partition coefficient (Wildman–Crippen LogP) is 16.7. The second-order valence-electron chi connectivity index (χ2n) is 19.2. The molecule has 0 saturated carbocycles. The van der Waals surface area contributed by atoms with Gasteiger partial charge in [-0.3, -0.25) is 14.2 Å². The molecule has 2 unspecified atom stereocenters. The Morgan fingerprint density at radius 3 is 1.15 bits per heavy atom. The zero-order valence-corrected chi connectivity index (χ0v) is 47.0. The molecule has 72 heavy (non-hydrogen) atoms. The predicted molar refractivity (Wildman–Crippen MR) is 304 cm³/mol. The average Bonchev–Trinajstić information content (AvgIpc) is 3.34. The second-order valence-corrected chi connectivity index (χ2v) is 20.6. The molecule has 10 heteroatoms. The molecule has 0 amide bonds. The third-order valence-electron chi connectivity index (χ3n) is 11.2. The van der Waals surface area contributed by atoms with E-state index in [9.17, 15) is 19.0 Å². The molecule has 0 saturated heterocycles. The normalized spacial score (nSPS) is 14.4. The fourth-order valence-electron chi connectivity index (χ4n) is 6.93. The number of phosphoric ester groups is 1. The van der Waals surface area contributed by atoms with Crippen LogP contribution in [0.25, 0.3) is 0 Å². The van der Waals surface area contributed by atoms with E-state index in [1.54, 1.807) is 0 Å². The van der Waals surface area contributed by atoms with Crippen molar-refractivity contribution in [3.63, 3.8) is 0 Å². The number of allylic oxidation sites excluding steroid dienone is 22. The minimum absolute atomic E-state index is 0.0497. The molecule has 0 aliphatic carbocycles. The Labute approximate surface area is 441 Å². The topological polar surface area (TPSA) is 111 Å². The summed E-state index contributed by atoms with van der Waals surface area (Å²) in [5, 5.41) is 0. The Balaban J connectivity index is 4.32. The van der Waals surface area contributed by atoms with Crippen LogP contribution < -0.4 is 4.89 Å². The summed E-state index contributed by atoms with van der Waals surface area (Å²) >= 11 is 0. The van der Waals surface area contributed by atoms with E-state index in [-0.39, 0.29) is 26.1 Å². The van der Waals surface area contributed by atoms with E-state index in [1.165, 1.54) is 57.8 Å². The van der Waals surface area contributed by atoms with Gasteiger partial charge in [0.05, 0.1) is 27.7 Å². The molecule has 9 nitrogen and oxygen atoms in total. The number of likely N-dealkylation sites (N-methyl/N-ethyl adjacent to an activating group) is 1. The van der Waals surface area contributed by atoms with Gasteiger partial charge < -0.3 is 27.9 Å². The zero-order chi connectivity index (χ0) is 52.7. The van der Waals surface area contributed by atoms with Gasteiger partial charge in [-0.2, -0.15) is 0 Å². The van der Waals surface area contributed by atoms with Crippen LogP contribution in [0.15, 0.2) is 134 Å². The fourth-order valence-corrected chi connectivity index (χ4v) is 7.66. The fraction of sp³-hybridized carbons (Fsp3) is 0.613. The van der Waals surface area contributed by atoms with E-state index < -0.39 is 32.5 Å². The number of unbranched alkanes of at least 4 members (excludes halogenated alkanes) is 13. The maximum absolute atomic E-state index is 12.8. The average molecular weight is 1020 g/mol. The van der Waals surface area contributed by atoms with E-state index in [1.807, 2.05) is 27.2 Å². The van der Waals surface area contributed by atoms with E-state index >= 15 is 0 Å². The molecular formula is C62H102NO8P. The van der Waals surface area contributed by atoms with Crippen LogP contribution in [0.4, 0.5) is 0 Å². The Hall–Kier alpha value is -3.85. The highest BCUT2D eigenvalue weighted by molar-refractivity contribution is 7.45. The summed E-state index contributed by atoms with van der Waals surface area (Å²) < 4.78 is 34.0. The molecule has 0 aromatic rings. The first-order chi connectivity index (χ1) is 35.0. The summed E-state index contributed by atoms with van der Waals surface area (Å²) in [5.74, 6) is -0.916. The van der Waals surface area contributed by atoms with Crippen LogP contribution in [-0.4, -0.2) is 70.0 Å². The van der Waals surface area contributed by atoms with Gasteiger partial charge in [0.15, 0.2) is 6.10 Å². The van der Waals surface area contributed by atoms with Crippen molar-refractivity contribution < 1.29 is 42.1 Å². The van der Waals surface area contributed by atoms with Crippen molar-refractivity contribution in [2.24, 2.45) is 0 Å². The summed E-state index contributed by atoms with van der Waals surface area (Å²) in [7, 11) is 1.11. The molecule has 0 spiro atoms. The summed E-state index contributed by atoms with van der Waals surface area (Å²) in [6, 6.07) is 0. The molecule has 2 atom stereocenters. The summed E-state index contributed by atoms with van der Waals surface area (Å²) in [5.41, 5.74) is 0. The van der Waals surface area contributed by atoms with Crippen LogP contribution in [0.3, 0.4) is 0 Å². The quantitative estimate of drug-likeness (QED) is 0.0195. The Morgan fingerprint density at radius 1 is 0.431 bits per heavy atom. The van der Waals surface area contributed by atoms with Gasteiger partial charge in [-0.05, 0) is 103 Å². The van der Waals surface area contributed by atoms with Gasteiger partial charge in [0, 0.05) is 12.8 Å². The third-order valence-corrected chi connectivity index (χ3v) is 12.1. The van der Waals surface area contributed by atoms with Gasteiger partial charge in [-0.15, -0.1) is 0 Å². The van der Waals surface area contributed by atoms with Crippen LogP contribution >= 0.6 is 7.82 Å². The number of ether oxygens (including phenoxy) is 2. The molecule has 0 aliphatic heterocycles. The van der Waals surface area contributed by atoms with Crippen molar-refractivity contribution in [2.45, 2.75) is 200 Å². The standard InChI is InChI=1S/C62H102NO8P/c1-6-8-10-12-14-16-18-20-22-24-26-28-30-31-33-34-36-38-40-42-44-46-48-50-52-54-61(64)68-58-60(59-70-72(66,67)69-57-56-63(3,4)5)71-62(65)55-53-51-49-47-45-43-41-39-37-35-32-29-27-25-23-21-19-17-15-13-11-9-7-2/h8-11,14-17,20-23,26-29,35,37,41,43,47,49,60H,6-7,12-13,18-19,24-25,30-34,36,38-40,42,44-46,48,50-59H2,1-5H3/b10-8-,11-9-,16-14-,17-15-,22-20-,23-21-,28-26-,29-27-,37-35-,43-41-,49-47-. The van der Waals surface area contributed by atoms with Crippen LogP contribution in [-0.2, 0) is 32.7 Å². The Kier molecular flexibility index (Phi) is 49.2. The van der Waals surface area contributed by atoms with Crippen molar-refractivity contribution in [2.75, 3.05) is 47.5 Å². The Bertz CT molecular complexity index is 1670. The number of rotatable bonds is 49. The maximum Gasteiger partial charge on any atom is 0.306 e. The van der Waals surface area contributed by atoms with Gasteiger partial charge in [0.2, 0.25) is 0 Å². The largest absolute Gasteiger partial charge is 0.756 e. The van der Waals surface area contributed by atoms with Crippen molar-refractivity contribution >= 4 is 19.8 Å². The number of hydrogen-bond donors (Lipinski definition) is 0. The highest BCUT2D eigenvalue weighted by Gasteiger charge is 2.21. The molecule has 0 radical (unpaired) electrons. The maximum atomic E-state index is 12.8. The first-order valence-corrected chi connectivity index (χ1v) is 29.4. The highest BCUT2D eigenvalue weighted by atomic mass is 31.2. The van der Waals surface area contributed by atoms with Gasteiger partial charge in [-0.1, -0.05) is 212 Å². The van der Waals surface area contributed by atoms with E-state index in [4.69, 9.17) is 18.5 Å². The molecule has 408 valence electrons. The van der Waals surface area contributed by atoms with Gasteiger partial charge in [0.25, 0.3) is 7.82 Å². The minimum atomic E-state index is -4.66.